The zero-order chi connectivity index (χ0) is 37.5. The number of amides is 2. The Morgan fingerprint density at radius 3 is 2.44 bits per heavy atom. The van der Waals surface area contributed by atoms with Gasteiger partial charge in [-0.05, 0) is 12.0 Å². The second-order valence-corrected chi connectivity index (χ2v) is 16.3. The molecular weight excluding hydrogens is 759 g/mol. The van der Waals surface area contributed by atoms with E-state index >= 15 is 0 Å². The van der Waals surface area contributed by atoms with Gasteiger partial charge in [0.15, 0.2) is 17.7 Å². The summed E-state index contributed by atoms with van der Waals surface area (Å²) >= 11 is 1.14. The number of hydrogen-bond acceptors (Lipinski definition) is 18. The van der Waals surface area contributed by atoms with E-state index in [2.05, 4.69) is 34.4 Å². The second kappa shape index (κ2) is 17.6. The van der Waals surface area contributed by atoms with Crippen LogP contribution in [0.2, 0.25) is 0 Å². The van der Waals surface area contributed by atoms with Crippen molar-refractivity contribution in [2.75, 3.05) is 44.9 Å². The molecule has 2 aromatic heterocycles. The second-order valence-electron chi connectivity index (χ2n) is 11.1. The number of carbonyl (C=O) groups is 2. The van der Waals surface area contributed by atoms with Gasteiger partial charge in [0.25, 0.3) is 0 Å². The number of nitrogens with one attached hydrogen (secondary N) is 2. The first-order valence-electron chi connectivity index (χ1n) is 14.2. The van der Waals surface area contributed by atoms with Crippen LogP contribution < -0.4 is 16.4 Å². The number of imidazole rings is 1. The Morgan fingerprint density at radius 1 is 1.10 bits per heavy atom. The Labute approximate surface area is 288 Å². The number of hydrogen-bond donors (Lipinski definition) is 9. The molecule has 3 rings (SSSR count). The van der Waals surface area contributed by atoms with Crippen LogP contribution in [0.25, 0.3) is 11.2 Å². The quantitative estimate of drug-likeness (QED) is 0.0427. The minimum absolute atomic E-state index is 0.0363. The van der Waals surface area contributed by atoms with Gasteiger partial charge in [-0.3, -0.25) is 27.7 Å². The van der Waals surface area contributed by atoms with E-state index < -0.39 is 78.6 Å². The minimum Gasteiger partial charge on any atom is -0.386 e. The van der Waals surface area contributed by atoms with Crippen molar-refractivity contribution in [1.82, 2.24) is 30.2 Å². The number of rotatable bonds is 20. The van der Waals surface area contributed by atoms with Crippen molar-refractivity contribution >= 4 is 64.3 Å². The smallest absolute Gasteiger partial charge is 0.386 e. The highest BCUT2D eigenvalue weighted by molar-refractivity contribution is 7.94. The minimum atomic E-state index is -5.54. The molecule has 0 bridgehead atoms. The summed E-state index contributed by atoms with van der Waals surface area (Å²) in [5.41, 5.74) is 4.29. The lowest BCUT2D eigenvalue weighted by Gasteiger charge is -2.30. The number of anilines is 1. The first-order valence-corrected chi connectivity index (χ1v) is 19.6. The molecule has 2 amide bonds. The van der Waals surface area contributed by atoms with Crippen molar-refractivity contribution in [3.8, 4) is 0 Å². The summed E-state index contributed by atoms with van der Waals surface area (Å²) in [6.45, 7) is 0.718. The lowest BCUT2D eigenvalue weighted by atomic mass is 9.87. The van der Waals surface area contributed by atoms with Gasteiger partial charge in [-0.25, -0.2) is 28.6 Å². The molecule has 50 heavy (non-hydrogen) atoms. The molecule has 2 aromatic rings. The van der Waals surface area contributed by atoms with Crippen LogP contribution in [0.4, 0.5) is 5.82 Å². The van der Waals surface area contributed by atoms with Crippen LogP contribution in [0, 0.1) is 5.41 Å². The highest BCUT2D eigenvalue weighted by atomic mass is 32.2. The number of nitrogens with zero attached hydrogens (tertiary/aromatic N) is 4. The molecule has 10 N–H and O–H groups in total. The molecule has 28 heteroatoms. The largest absolute Gasteiger partial charge is 0.481 e. The Hall–Kier alpha value is -2.15. The topological polar surface area (TPSA) is 356 Å². The van der Waals surface area contributed by atoms with Gasteiger partial charge >= 0.3 is 23.5 Å². The molecule has 284 valence electrons. The van der Waals surface area contributed by atoms with Crippen LogP contribution >= 0.6 is 35.5 Å². The Kier molecular flexibility index (Phi) is 14.9. The number of ether oxygens (including phenoxy) is 1. The van der Waals surface area contributed by atoms with Crippen LogP contribution in [0.5, 0.6) is 0 Å². The zero-order valence-electron chi connectivity index (χ0n) is 26.6. The Balaban J connectivity index is 1.57. The van der Waals surface area contributed by atoms with Gasteiger partial charge in [-0.1, -0.05) is 13.8 Å². The van der Waals surface area contributed by atoms with E-state index in [1.807, 2.05) is 0 Å². The summed E-state index contributed by atoms with van der Waals surface area (Å²) in [5, 5.41) is 26.2. The van der Waals surface area contributed by atoms with Gasteiger partial charge < -0.3 is 55.1 Å². The van der Waals surface area contributed by atoms with Crippen LogP contribution in [0.3, 0.4) is 0 Å². The fraction of sp³-hybridized carbons (Fsp3) is 0.682. The van der Waals surface area contributed by atoms with Gasteiger partial charge in [-0.15, -0.1) is 0 Å². The van der Waals surface area contributed by atoms with Gasteiger partial charge in [0.2, 0.25) is 11.8 Å². The lowest BCUT2D eigenvalue weighted by Crippen LogP contribution is -2.46. The summed E-state index contributed by atoms with van der Waals surface area (Å²) in [6, 6.07) is 0. The average Bonchev–Trinajstić information content (AvgIpc) is 3.57. The summed E-state index contributed by atoms with van der Waals surface area (Å²) in [6.07, 6.45) is -6.77. The van der Waals surface area contributed by atoms with Crippen LogP contribution in [0.1, 0.15) is 26.5 Å². The van der Waals surface area contributed by atoms with Crippen LogP contribution in [0.15, 0.2) is 12.7 Å². The summed E-state index contributed by atoms with van der Waals surface area (Å²) < 4.78 is 66.6. The van der Waals surface area contributed by atoms with E-state index in [0.29, 0.717) is 12.3 Å². The first-order chi connectivity index (χ1) is 23.2. The van der Waals surface area contributed by atoms with Crippen molar-refractivity contribution in [3.05, 3.63) is 12.7 Å². The molecule has 1 aliphatic rings. The van der Waals surface area contributed by atoms with E-state index in [9.17, 15) is 53.1 Å². The molecule has 1 aliphatic heterocycles. The molecule has 1 fully saturated rings. The molecule has 1 saturated heterocycles. The van der Waals surface area contributed by atoms with Crippen molar-refractivity contribution in [2.45, 2.75) is 50.9 Å². The number of nitrogens with two attached hydrogens (primary N) is 1. The highest BCUT2D eigenvalue weighted by Gasteiger charge is 2.50. The number of phosphoric acid groups is 3. The summed E-state index contributed by atoms with van der Waals surface area (Å²) in [4.78, 5) is 75.0. The number of carbonyl (C=O) groups excluding carboxylic acids is 2. The van der Waals surface area contributed by atoms with E-state index in [0.717, 1.165) is 29.3 Å². The van der Waals surface area contributed by atoms with Gasteiger partial charge in [0.05, 0.1) is 26.7 Å². The van der Waals surface area contributed by atoms with Gasteiger partial charge in [0.1, 0.15) is 36.3 Å². The summed E-state index contributed by atoms with van der Waals surface area (Å²) in [5.74, 6) is -0.857. The molecule has 3 heterocycles. The molecule has 0 radical (unpaired) electrons. The molecule has 0 saturated carbocycles. The number of aliphatic hydroxyl groups excluding tert-OH is 2. The maximum atomic E-state index is 12.6. The monoisotopic (exact) mass is 797 g/mol. The van der Waals surface area contributed by atoms with Gasteiger partial charge in [0, 0.05) is 30.7 Å². The molecular formula is C22H38N7O17P3S. The Morgan fingerprint density at radius 2 is 1.78 bits per heavy atom. The SMILES string of the molecule is COSCCNC(=O)CCNC(=O)[C@H](O)C(C)(C)COP(=O)(O)OP(=O)(O)OC[C@H]1O[C@@H](n2cnc3c(N)ncnc32)[C@H](O)[C@@H]1OP(=O)(O)O. The van der Waals surface area contributed by atoms with Crippen molar-refractivity contribution < 1.29 is 79.9 Å². The normalized spacial score (nSPS) is 22.9. The van der Waals surface area contributed by atoms with E-state index in [1.54, 1.807) is 0 Å². The van der Waals surface area contributed by atoms with Crippen LogP contribution in [-0.2, 0) is 50.1 Å². The number of nitrogen functional groups attached to an aromatic ring is 1. The zero-order valence-corrected chi connectivity index (χ0v) is 30.1. The Bertz CT molecular complexity index is 1630. The predicted molar refractivity (Wildman–Crippen MR) is 169 cm³/mol. The van der Waals surface area contributed by atoms with Gasteiger partial charge in [-0.2, -0.15) is 4.31 Å². The molecule has 0 aromatic carbocycles. The van der Waals surface area contributed by atoms with Crippen molar-refractivity contribution in [2.24, 2.45) is 5.41 Å². The third-order valence-corrected chi connectivity index (χ3v) is 10.4. The van der Waals surface area contributed by atoms with Crippen LogP contribution in [-0.4, -0.2) is 125 Å². The summed E-state index contributed by atoms with van der Waals surface area (Å²) in [7, 11) is -14.8. The maximum Gasteiger partial charge on any atom is 0.481 e. The molecule has 7 atom stereocenters. The molecule has 0 spiro atoms. The lowest BCUT2D eigenvalue weighted by molar-refractivity contribution is -0.137. The molecule has 2 unspecified atom stereocenters. The fourth-order valence-electron chi connectivity index (χ4n) is 4.26. The third kappa shape index (κ3) is 12.2. The highest BCUT2D eigenvalue weighted by Crippen LogP contribution is 2.61. The van der Waals surface area contributed by atoms with E-state index in [-0.39, 0.29) is 35.9 Å². The number of aromatic nitrogens is 4. The van der Waals surface area contributed by atoms with E-state index in [1.165, 1.54) is 21.0 Å². The first kappa shape index (κ1) is 42.3. The number of fused-ring (bicyclic) bond motifs is 1. The predicted octanol–water partition coefficient (Wildman–Crippen LogP) is -1.30. The maximum absolute atomic E-state index is 12.6. The standard InChI is InChI=1S/C22H38N7O17P3S/c1-22(2,17(32)20(33)25-5-4-13(30)24-6-7-50-41-3)9-43-49(39,40)46-48(37,38)42-8-12-16(45-47(34,35)36)15(31)21(44-12)29-11-28-14-18(23)26-10-27-19(14)29/h10-12,15-17,21,31-32H,4-9H2,1-3H3,(H,24,30)(H,25,33)(H,37,38)(H,39,40)(H2,23,26,27)(H2,34,35,36)/t12-,15-,16-,17+,21-/m1/s1. The van der Waals surface area contributed by atoms with Crippen molar-refractivity contribution in [1.29, 1.82) is 0 Å². The fourth-order valence-corrected chi connectivity index (χ4v) is 7.44. The van der Waals surface area contributed by atoms with Crippen molar-refractivity contribution in [3.63, 3.8) is 0 Å². The third-order valence-electron chi connectivity index (χ3n) is 6.70. The average molecular weight is 798 g/mol. The number of phosphoric ester groups is 3. The molecule has 0 aliphatic carbocycles. The van der Waals surface area contributed by atoms with E-state index in [4.69, 9.17) is 23.7 Å². The number of aliphatic hydroxyl groups is 2. The molecule has 24 nitrogen and oxygen atoms in total.